The van der Waals surface area contributed by atoms with Crippen LogP contribution in [0.4, 0.5) is 0 Å². The lowest BCUT2D eigenvalue weighted by molar-refractivity contribution is -0.133. The first kappa shape index (κ1) is 16.4. The highest BCUT2D eigenvalue weighted by molar-refractivity contribution is 5.76. The van der Waals surface area contributed by atoms with Gasteiger partial charge in [-0.1, -0.05) is 24.3 Å². The minimum Gasteiger partial charge on any atom is -0.469 e. The van der Waals surface area contributed by atoms with Gasteiger partial charge in [-0.05, 0) is 42.5 Å². The lowest BCUT2D eigenvalue weighted by Gasteiger charge is -2.41. The summed E-state index contributed by atoms with van der Waals surface area (Å²) in [6.07, 6.45) is 6.49. The van der Waals surface area contributed by atoms with Crippen molar-refractivity contribution < 1.29 is 9.21 Å². The molecule has 25 heavy (non-hydrogen) atoms. The number of furan rings is 1. The molecule has 2 aliphatic rings. The fraction of sp³-hybridized carbons (Fsp3) is 0.476. The highest BCUT2D eigenvalue weighted by atomic mass is 16.3. The van der Waals surface area contributed by atoms with Gasteiger partial charge in [-0.25, -0.2) is 0 Å². The van der Waals surface area contributed by atoms with Crippen LogP contribution in [0.1, 0.15) is 29.7 Å². The number of aryl methyl sites for hydroxylation is 2. The van der Waals surface area contributed by atoms with E-state index in [0.717, 1.165) is 38.4 Å². The molecule has 4 nitrogen and oxygen atoms in total. The molecule has 0 unspecified atom stereocenters. The maximum atomic E-state index is 12.4. The highest BCUT2D eigenvalue weighted by Gasteiger charge is 2.28. The third-order valence-electron chi connectivity index (χ3n) is 5.67. The Bertz CT molecular complexity index is 702. The summed E-state index contributed by atoms with van der Waals surface area (Å²) in [5.74, 6) is 1.15. The van der Waals surface area contributed by atoms with Gasteiger partial charge >= 0.3 is 0 Å². The van der Waals surface area contributed by atoms with Crippen molar-refractivity contribution in [1.82, 2.24) is 9.80 Å². The molecule has 2 heterocycles. The van der Waals surface area contributed by atoms with Crippen molar-refractivity contribution in [1.29, 1.82) is 0 Å². The summed E-state index contributed by atoms with van der Waals surface area (Å²) in [7, 11) is 0. The fourth-order valence-corrected chi connectivity index (χ4v) is 4.17. The Morgan fingerprint density at radius 2 is 1.84 bits per heavy atom. The molecule has 1 aliphatic heterocycles. The van der Waals surface area contributed by atoms with Crippen molar-refractivity contribution in [2.75, 3.05) is 26.2 Å². The third kappa shape index (κ3) is 3.79. The van der Waals surface area contributed by atoms with Crippen LogP contribution in [0.3, 0.4) is 0 Å². The molecule has 1 aromatic heterocycles. The van der Waals surface area contributed by atoms with Gasteiger partial charge < -0.3 is 9.32 Å². The number of fused-ring (bicyclic) bond motifs is 1. The molecule has 1 fully saturated rings. The smallest absolute Gasteiger partial charge is 0.223 e. The van der Waals surface area contributed by atoms with Gasteiger partial charge in [0.1, 0.15) is 5.76 Å². The average Bonchev–Trinajstić information content (AvgIpc) is 3.19. The number of rotatable bonds is 4. The number of amides is 1. The lowest BCUT2D eigenvalue weighted by atomic mass is 9.87. The molecule has 1 aliphatic carbocycles. The predicted molar refractivity (Wildman–Crippen MR) is 97.4 cm³/mol. The number of hydrogen-bond donors (Lipinski definition) is 0. The van der Waals surface area contributed by atoms with Crippen molar-refractivity contribution in [3.8, 4) is 0 Å². The largest absolute Gasteiger partial charge is 0.469 e. The summed E-state index contributed by atoms with van der Waals surface area (Å²) in [5.41, 5.74) is 3.03. The van der Waals surface area contributed by atoms with Crippen molar-refractivity contribution >= 4 is 5.91 Å². The fourth-order valence-electron chi connectivity index (χ4n) is 4.17. The first-order valence-electron chi connectivity index (χ1n) is 9.40. The minimum absolute atomic E-state index is 0.255. The van der Waals surface area contributed by atoms with Gasteiger partial charge in [0.05, 0.1) is 6.26 Å². The Morgan fingerprint density at radius 1 is 1.04 bits per heavy atom. The normalized spacial score (nSPS) is 21.1. The molecule has 1 amide bonds. The molecule has 1 aromatic carbocycles. The summed E-state index contributed by atoms with van der Waals surface area (Å²) in [4.78, 5) is 17.0. The first-order valence-corrected chi connectivity index (χ1v) is 9.40. The Balaban J connectivity index is 1.26. The quantitative estimate of drug-likeness (QED) is 0.860. The maximum Gasteiger partial charge on any atom is 0.223 e. The van der Waals surface area contributed by atoms with E-state index in [1.165, 1.54) is 24.0 Å². The van der Waals surface area contributed by atoms with Gasteiger partial charge in [0.15, 0.2) is 0 Å². The zero-order valence-electron chi connectivity index (χ0n) is 14.7. The van der Waals surface area contributed by atoms with E-state index in [4.69, 9.17) is 4.42 Å². The standard InChI is InChI=1S/C21H26N2O2/c24-21(10-9-20-6-3-15-25-20)23-13-11-22(12-14-23)19-8-7-17-4-1-2-5-18(17)16-19/h1-6,15,19H,7-14,16H2/t19-/m0/s1. The topological polar surface area (TPSA) is 36.7 Å². The van der Waals surface area contributed by atoms with Crippen LogP contribution >= 0.6 is 0 Å². The van der Waals surface area contributed by atoms with Crippen LogP contribution in [0.25, 0.3) is 0 Å². The Kier molecular flexibility index (Phi) is 4.88. The molecular formula is C21H26N2O2. The number of carbonyl (C=O) groups is 1. The summed E-state index contributed by atoms with van der Waals surface area (Å²) >= 11 is 0. The van der Waals surface area contributed by atoms with E-state index in [1.54, 1.807) is 6.26 Å². The van der Waals surface area contributed by atoms with Crippen LogP contribution in [0.5, 0.6) is 0 Å². The van der Waals surface area contributed by atoms with E-state index in [2.05, 4.69) is 29.2 Å². The van der Waals surface area contributed by atoms with E-state index in [-0.39, 0.29) is 5.91 Å². The molecule has 0 spiro atoms. The molecule has 0 saturated carbocycles. The van der Waals surface area contributed by atoms with Gasteiger partial charge in [-0.3, -0.25) is 9.69 Å². The first-order chi connectivity index (χ1) is 12.3. The molecule has 132 valence electrons. The van der Waals surface area contributed by atoms with Gasteiger partial charge in [0, 0.05) is 45.1 Å². The third-order valence-corrected chi connectivity index (χ3v) is 5.67. The molecule has 0 radical (unpaired) electrons. The zero-order chi connectivity index (χ0) is 17.1. The van der Waals surface area contributed by atoms with Crippen LogP contribution in [0.15, 0.2) is 47.1 Å². The van der Waals surface area contributed by atoms with E-state index in [9.17, 15) is 4.79 Å². The van der Waals surface area contributed by atoms with Crippen LogP contribution in [0.2, 0.25) is 0 Å². The zero-order valence-corrected chi connectivity index (χ0v) is 14.7. The monoisotopic (exact) mass is 338 g/mol. The molecule has 2 aromatic rings. The average molecular weight is 338 g/mol. The summed E-state index contributed by atoms with van der Waals surface area (Å²) < 4.78 is 5.32. The maximum absolute atomic E-state index is 12.4. The van der Waals surface area contributed by atoms with E-state index in [1.807, 2.05) is 17.0 Å². The number of piperazine rings is 1. The van der Waals surface area contributed by atoms with Crippen molar-refractivity contribution in [3.63, 3.8) is 0 Å². The second-order valence-electron chi connectivity index (χ2n) is 7.16. The summed E-state index contributed by atoms with van der Waals surface area (Å²) in [6, 6.07) is 13.3. The predicted octanol–water partition coefficient (Wildman–Crippen LogP) is 2.91. The molecule has 0 N–H and O–H groups in total. The Morgan fingerprint density at radius 3 is 2.60 bits per heavy atom. The Hall–Kier alpha value is -2.07. The van der Waals surface area contributed by atoms with Crippen LogP contribution in [-0.4, -0.2) is 47.9 Å². The Labute approximate surface area is 149 Å². The van der Waals surface area contributed by atoms with Crippen molar-refractivity contribution in [2.24, 2.45) is 0 Å². The number of benzene rings is 1. The molecule has 1 atom stereocenters. The van der Waals surface area contributed by atoms with E-state index in [0.29, 0.717) is 18.9 Å². The number of nitrogens with zero attached hydrogens (tertiary/aromatic N) is 2. The van der Waals surface area contributed by atoms with E-state index < -0.39 is 0 Å². The molecular weight excluding hydrogens is 312 g/mol. The lowest BCUT2D eigenvalue weighted by Crippen LogP contribution is -2.53. The minimum atomic E-state index is 0.255. The van der Waals surface area contributed by atoms with E-state index >= 15 is 0 Å². The molecule has 4 heteroatoms. The second-order valence-corrected chi connectivity index (χ2v) is 7.16. The van der Waals surface area contributed by atoms with Crippen LogP contribution in [-0.2, 0) is 24.1 Å². The molecule has 0 bridgehead atoms. The molecule has 1 saturated heterocycles. The van der Waals surface area contributed by atoms with Crippen LogP contribution in [0, 0.1) is 0 Å². The summed E-state index contributed by atoms with van der Waals surface area (Å²) in [6.45, 7) is 3.71. The molecule has 4 rings (SSSR count). The summed E-state index contributed by atoms with van der Waals surface area (Å²) in [5, 5.41) is 0. The van der Waals surface area contributed by atoms with Crippen molar-refractivity contribution in [3.05, 3.63) is 59.5 Å². The second kappa shape index (κ2) is 7.44. The van der Waals surface area contributed by atoms with Crippen LogP contribution < -0.4 is 0 Å². The van der Waals surface area contributed by atoms with Gasteiger partial charge in [-0.15, -0.1) is 0 Å². The number of carbonyl (C=O) groups excluding carboxylic acids is 1. The number of hydrogen-bond acceptors (Lipinski definition) is 3. The highest BCUT2D eigenvalue weighted by Crippen LogP contribution is 2.25. The van der Waals surface area contributed by atoms with Crippen molar-refractivity contribution in [2.45, 2.75) is 38.1 Å². The van der Waals surface area contributed by atoms with Gasteiger partial charge in [0.2, 0.25) is 5.91 Å². The van der Waals surface area contributed by atoms with Gasteiger partial charge in [-0.2, -0.15) is 0 Å². The SMILES string of the molecule is O=C(CCc1ccco1)N1CCN([C@H]2CCc3ccccc3C2)CC1. The van der Waals surface area contributed by atoms with Gasteiger partial charge in [0.25, 0.3) is 0 Å².